The molecule has 0 atom stereocenters. The lowest BCUT2D eigenvalue weighted by Crippen LogP contribution is -2.41. The van der Waals surface area contributed by atoms with E-state index >= 15 is 0 Å². The minimum Gasteiger partial charge on any atom is -0.382 e. The average Bonchev–Trinajstić information content (AvgIpc) is 2.56. The van der Waals surface area contributed by atoms with Crippen LogP contribution in [0.5, 0.6) is 0 Å². The Kier molecular flexibility index (Phi) is 4.32. The molecule has 114 valence electrons. The number of para-hydroxylation sites is 1. The zero-order valence-corrected chi connectivity index (χ0v) is 12.8. The highest BCUT2D eigenvalue weighted by Crippen LogP contribution is 2.31. The SMILES string of the molecule is CCN(C(=O)c1cccc2c1NCCN2)C1CCCCC1. The highest BCUT2D eigenvalue weighted by molar-refractivity contribution is 6.03. The number of nitrogens with zero attached hydrogens (tertiary/aromatic N) is 1. The fraction of sp³-hybridized carbons (Fsp3) is 0.588. The van der Waals surface area contributed by atoms with E-state index in [1.54, 1.807) is 0 Å². The van der Waals surface area contributed by atoms with Gasteiger partial charge in [-0.25, -0.2) is 0 Å². The van der Waals surface area contributed by atoms with Crippen molar-refractivity contribution in [3.05, 3.63) is 23.8 Å². The summed E-state index contributed by atoms with van der Waals surface area (Å²) < 4.78 is 0. The molecular weight excluding hydrogens is 262 g/mol. The number of amides is 1. The smallest absolute Gasteiger partial charge is 0.256 e. The third-order valence-electron chi connectivity index (χ3n) is 4.65. The van der Waals surface area contributed by atoms with Crippen LogP contribution in [0.2, 0.25) is 0 Å². The molecule has 3 rings (SSSR count). The van der Waals surface area contributed by atoms with E-state index < -0.39 is 0 Å². The molecule has 1 heterocycles. The molecule has 2 N–H and O–H groups in total. The predicted octanol–water partition coefficient (Wildman–Crippen LogP) is 3.32. The molecule has 1 aliphatic carbocycles. The molecule has 1 aromatic carbocycles. The van der Waals surface area contributed by atoms with Gasteiger partial charge in [-0.2, -0.15) is 0 Å². The Morgan fingerprint density at radius 1 is 1.19 bits per heavy atom. The topological polar surface area (TPSA) is 44.4 Å². The van der Waals surface area contributed by atoms with Crippen LogP contribution in [0, 0.1) is 0 Å². The molecule has 0 bridgehead atoms. The number of nitrogens with one attached hydrogen (secondary N) is 2. The van der Waals surface area contributed by atoms with E-state index in [0.29, 0.717) is 6.04 Å². The molecular formula is C17H25N3O. The van der Waals surface area contributed by atoms with Crippen molar-refractivity contribution in [2.45, 2.75) is 45.1 Å². The Morgan fingerprint density at radius 3 is 2.71 bits per heavy atom. The third-order valence-corrected chi connectivity index (χ3v) is 4.65. The molecule has 4 heteroatoms. The molecule has 1 saturated carbocycles. The van der Waals surface area contributed by atoms with Gasteiger partial charge in [0.15, 0.2) is 0 Å². The van der Waals surface area contributed by atoms with E-state index in [2.05, 4.69) is 22.5 Å². The minimum atomic E-state index is 0.178. The van der Waals surface area contributed by atoms with Gasteiger partial charge in [0.05, 0.1) is 16.9 Å². The Bertz CT molecular complexity index is 509. The Hall–Kier alpha value is -1.71. The largest absolute Gasteiger partial charge is 0.382 e. The molecule has 0 unspecified atom stereocenters. The van der Waals surface area contributed by atoms with E-state index in [4.69, 9.17) is 0 Å². The standard InChI is InChI=1S/C17H25N3O/c1-2-20(13-7-4-3-5-8-13)17(21)14-9-6-10-15-16(14)19-12-11-18-15/h6,9-10,13,18-19H,2-5,7-8,11-12H2,1H3. The summed E-state index contributed by atoms with van der Waals surface area (Å²) in [4.78, 5) is 15.1. The summed E-state index contributed by atoms with van der Waals surface area (Å²) in [6, 6.07) is 6.38. The summed E-state index contributed by atoms with van der Waals surface area (Å²) in [5, 5.41) is 6.75. The van der Waals surface area contributed by atoms with Gasteiger partial charge in [0.2, 0.25) is 0 Å². The number of anilines is 2. The number of rotatable bonds is 3. The van der Waals surface area contributed by atoms with Crippen LogP contribution in [-0.2, 0) is 0 Å². The fourth-order valence-electron chi connectivity index (χ4n) is 3.57. The summed E-state index contributed by atoms with van der Waals surface area (Å²) in [5.41, 5.74) is 2.84. The van der Waals surface area contributed by atoms with E-state index in [1.165, 1.54) is 19.3 Å². The van der Waals surface area contributed by atoms with Crippen molar-refractivity contribution >= 4 is 17.3 Å². The molecule has 0 radical (unpaired) electrons. The van der Waals surface area contributed by atoms with Crippen LogP contribution < -0.4 is 10.6 Å². The van der Waals surface area contributed by atoms with Gasteiger partial charge >= 0.3 is 0 Å². The van der Waals surface area contributed by atoms with E-state index in [0.717, 1.165) is 49.4 Å². The molecule has 0 saturated heterocycles. The van der Waals surface area contributed by atoms with E-state index in [-0.39, 0.29) is 5.91 Å². The predicted molar refractivity (Wildman–Crippen MR) is 87.0 cm³/mol. The second kappa shape index (κ2) is 6.37. The highest BCUT2D eigenvalue weighted by atomic mass is 16.2. The highest BCUT2D eigenvalue weighted by Gasteiger charge is 2.27. The van der Waals surface area contributed by atoms with Gasteiger partial charge in [0, 0.05) is 25.7 Å². The Balaban J connectivity index is 1.86. The maximum atomic E-state index is 13.0. The molecule has 1 amide bonds. The molecule has 4 nitrogen and oxygen atoms in total. The second-order valence-corrected chi connectivity index (χ2v) is 5.96. The summed E-state index contributed by atoms with van der Waals surface area (Å²) in [6.07, 6.45) is 6.12. The van der Waals surface area contributed by atoms with E-state index in [9.17, 15) is 4.79 Å². The minimum absolute atomic E-state index is 0.178. The van der Waals surface area contributed by atoms with Crippen molar-refractivity contribution in [1.29, 1.82) is 0 Å². The van der Waals surface area contributed by atoms with Crippen LogP contribution in [0.4, 0.5) is 11.4 Å². The van der Waals surface area contributed by atoms with Crippen molar-refractivity contribution in [3.8, 4) is 0 Å². The monoisotopic (exact) mass is 287 g/mol. The lowest BCUT2D eigenvalue weighted by molar-refractivity contribution is 0.0649. The molecule has 2 aliphatic rings. The van der Waals surface area contributed by atoms with Crippen molar-refractivity contribution < 1.29 is 4.79 Å². The van der Waals surface area contributed by atoms with Crippen LogP contribution in [0.15, 0.2) is 18.2 Å². The van der Waals surface area contributed by atoms with Crippen LogP contribution in [0.1, 0.15) is 49.4 Å². The van der Waals surface area contributed by atoms with Crippen LogP contribution in [-0.4, -0.2) is 36.5 Å². The van der Waals surface area contributed by atoms with Gasteiger partial charge in [-0.1, -0.05) is 25.3 Å². The zero-order valence-electron chi connectivity index (χ0n) is 12.8. The maximum Gasteiger partial charge on any atom is 0.256 e. The molecule has 1 fully saturated rings. The van der Waals surface area contributed by atoms with Crippen LogP contribution in [0.3, 0.4) is 0 Å². The van der Waals surface area contributed by atoms with Gasteiger partial charge in [-0.3, -0.25) is 4.79 Å². The van der Waals surface area contributed by atoms with Crippen LogP contribution in [0.25, 0.3) is 0 Å². The Labute approximate surface area is 126 Å². The normalized spacial score (nSPS) is 18.3. The average molecular weight is 287 g/mol. The Morgan fingerprint density at radius 2 is 1.95 bits per heavy atom. The van der Waals surface area contributed by atoms with Gasteiger partial charge < -0.3 is 15.5 Å². The van der Waals surface area contributed by atoms with Gasteiger partial charge in [0.25, 0.3) is 5.91 Å². The van der Waals surface area contributed by atoms with Crippen molar-refractivity contribution in [2.24, 2.45) is 0 Å². The quantitative estimate of drug-likeness (QED) is 0.896. The number of hydrogen-bond acceptors (Lipinski definition) is 3. The van der Waals surface area contributed by atoms with Crippen molar-refractivity contribution in [1.82, 2.24) is 4.90 Å². The molecule has 1 aliphatic heterocycles. The summed E-state index contributed by atoms with van der Waals surface area (Å²) in [5.74, 6) is 0.178. The zero-order chi connectivity index (χ0) is 14.7. The van der Waals surface area contributed by atoms with Gasteiger partial charge in [-0.15, -0.1) is 0 Å². The summed E-state index contributed by atoms with van der Waals surface area (Å²) in [7, 11) is 0. The third kappa shape index (κ3) is 2.85. The molecule has 1 aromatic rings. The van der Waals surface area contributed by atoms with Crippen molar-refractivity contribution in [2.75, 3.05) is 30.3 Å². The fourth-order valence-corrected chi connectivity index (χ4v) is 3.57. The van der Waals surface area contributed by atoms with Gasteiger partial charge in [-0.05, 0) is 31.9 Å². The second-order valence-electron chi connectivity index (χ2n) is 5.96. The van der Waals surface area contributed by atoms with E-state index in [1.807, 2.05) is 18.2 Å². The maximum absolute atomic E-state index is 13.0. The first-order valence-electron chi connectivity index (χ1n) is 8.23. The molecule has 21 heavy (non-hydrogen) atoms. The first kappa shape index (κ1) is 14.2. The number of carbonyl (C=O) groups excluding carboxylic acids is 1. The van der Waals surface area contributed by atoms with Crippen LogP contribution >= 0.6 is 0 Å². The number of fused-ring (bicyclic) bond motifs is 1. The summed E-state index contributed by atoms with van der Waals surface area (Å²) in [6.45, 7) is 4.66. The first-order chi connectivity index (χ1) is 10.3. The molecule has 0 spiro atoms. The number of carbonyl (C=O) groups is 1. The lowest BCUT2D eigenvalue weighted by Gasteiger charge is -2.34. The first-order valence-corrected chi connectivity index (χ1v) is 8.23. The molecule has 0 aromatic heterocycles. The lowest BCUT2D eigenvalue weighted by atomic mass is 9.93. The summed E-state index contributed by atoms with van der Waals surface area (Å²) >= 11 is 0. The number of hydrogen-bond donors (Lipinski definition) is 2. The van der Waals surface area contributed by atoms with Crippen molar-refractivity contribution in [3.63, 3.8) is 0 Å². The van der Waals surface area contributed by atoms with Gasteiger partial charge in [0.1, 0.15) is 0 Å². The number of benzene rings is 1.